The first-order chi connectivity index (χ1) is 7.59. The molecule has 1 aliphatic rings. The lowest BCUT2D eigenvalue weighted by Crippen LogP contribution is -2.13. The first-order valence-electron chi connectivity index (χ1n) is 5.84. The van der Waals surface area contributed by atoms with Gasteiger partial charge in [-0.2, -0.15) is 11.8 Å². The average molecular weight is 234 g/mol. The minimum Gasteiger partial charge on any atom is -0.294 e. The molecule has 0 bridgehead atoms. The Hall–Kier alpha value is -0.760. The van der Waals surface area contributed by atoms with Crippen molar-refractivity contribution in [2.24, 2.45) is 5.92 Å². The van der Waals surface area contributed by atoms with Crippen molar-refractivity contribution in [1.29, 1.82) is 0 Å². The highest BCUT2D eigenvalue weighted by Gasteiger charge is 2.22. The maximum atomic E-state index is 12.2. The molecular weight excluding hydrogens is 216 g/mol. The molecule has 0 aliphatic carbocycles. The lowest BCUT2D eigenvalue weighted by molar-refractivity contribution is 0.0942. The molecule has 0 spiro atoms. The molecule has 1 aliphatic heterocycles. The molecule has 1 aromatic rings. The van der Waals surface area contributed by atoms with Gasteiger partial charge in [0.25, 0.3) is 0 Å². The summed E-state index contributed by atoms with van der Waals surface area (Å²) in [4.78, 5) is 12.2. The summed E-state index contributed by atoms with van der Waals surface area (Å²) in [5.74, 6) is 2.90. The second kappa shape index (κ2) is 4.62. The Morgan fingerprint density at radius 3 is 2.81 bits per heavy atom. The quantitative estimate of drug-likeness (QED) is 0.733. The van der Waals surface area contributed by atoms with Crippen molar-refractivity contribution in [3.05, 3.63) is 34.9 Å². The molecule has 0 fully saturated rings. The largest absolute Gasteiger partial charge is 0.294 e. The molecule has 86 valence electrons. The second-order valence-corrected chi connectivity index (χ2v) is 5.88. The molecule has 0 saturated heterocycles. The minimum atomic E-state index is 0.161. The molecule has 2 rings (SSSR count). The van der Waals surface area contributed by atoms with Gasteiger partial charge in [0.15, 0.2) is 5.78 Å². The van der Waals surface area contributed by atoms with Gasteiger partial charge >= 0.3 is 0 Å². The monoisotopic (exact) mass is 234 g/mol. The zero-order valence-electron chi connectivity index (χ0n) is 10.1. The standard InChI is InChI=1S/C14H18OS/c1-9(2)11-4-5-12-8-16-7-10(3)14(15)13(12)6-11/h4-6,9-10H,7-8H2,1-3H3. The topological polar surface area (TPSA) is 17.1 Å². The SMILES string of the molecule is CC1CSCc2ccc(C(C)C)cc2C1=O. The zero-order chi connectivity index (χ0) is 11.7. The molecular formula is C14H18OS. The Kier molecular flexibility index (Phi) is 3.38. The summed E-state index contributed by atoms with van der Waals surface area (Å²) in [6.45, 7) is 6.37. The van der Waals surface area contributed by atoms with Crippen LogP contribution in [0.1, 0.15) is 48.2 Å². The highest BCUT2D eigenvalue weighted by Crippen LogP contribution is 2.29. The van der Waals surface area contributed by atoms with Crippen LogP contribution in [0.25, 0.3) is 0 Å². The number of hydrogen-bond acceptors (Lipinski definition) is 2. The predicted octanol–water partition coefficient (Wildman–Crippen LogP) is 3.88. The first-order valence-corrected chi connectivity index (χ1v) is 7.00. The number of carbonyl (C=O) groups is 1. The van der Waals surface area contributed by atoms with Gasteiger partial charge in [0, 0.05) is 23.0 Å². The third kappa shape index (κ3) is 2.17. The molecule has 1 atom stereocenters. The number of Topliss-reactive ketones (excluding diaryl/α,β-unsaturated/α-hetero) is 1. The molecule has 1 nitrogen and oxygen atoms in total. The van der Waals surface area contributed by atoms with Crippen LogP contribution >= 0.6 is 11.8 Å². The van der Waals surface area contributed by atoms with E-state index < -0.39 is 0 Å². The Morgan fingerprint density at radius 2 is 2.12 bits per heavy atom. The van der Waals surface area contributed by atoms with Crippen molar-refractivity contribution in [2.45, 2.75) is 32.4 Å². The Bertz CT molecular complexity index is 409. The van der Waals surface area contributed by atoms with E-state index in [1.54, 1.807) is 0 Å². The van der Waals surface area contributed by atoms with Crippen molar-refractivity contribution in [2.75, 3.05) is 5.75 Å². The lowest BCUT2D eigenvalue weighted by Gasteiger charge is -2.11. The van der Waals surface area contributed by atoms with Gasteiger partial charge in [-0.3, -0.25) is 4.79 Å². The number of ketones is 1. The van der Waals surface area contributed by atoms with Crippen molar-refractivity contribution in [3.8, 4) is 0 Å². The van der Waals surface area contributed by atoms with Crippen LogP contribution in [0, 0.1) is 5.92 Å². The Morgan fingerprint density at radius 1 is 1.38 bits per heavy atom. The molecule has 0 N–H and O–H groups in total. The average Bonchev–Trinajstić information content (AvgIpc) is 2.40. The zero-order valence-corrected chi connectivity index (χ0v) is 10.9. The van der Waals surface area contributed by atoms with E-state index in [0.29, 0.717) is 11.7 Å². The fourth-order valence-corrected chi connectivity index (χ4v) is 3.09. The van der Waals surface area contributed by atoms with Gasteiger partial charge in [0.2, 0.25) is 0 Å². The molecule has 1 unspecified atom stereocenters. The van der Waals surface area contributed by atoms with E-state index in [1.807, 2.05) is 18.7 Å². The van der Waals surface area contributed by atoms with Crippen molar-refractivity contribution >= 4 is 17.5 Å². The number of fused-ring (bicyclic) bond motifs is 1. The van der Waals surface area contributed by atoms with Crippen LogP contribution in [0.5, 0.6) is 0 Å². The summed E-state index contributed by atoms with van der Waals surface area (Å²) in [5, 5.41) is 0. The van der Waals surface area contributed by atoms with Crippen LogP contribution < -0.4 is 0 Å². The van der Waals surface area contributed by atoms with E-state index in [0.717, 1.165) is 17.1 Å². The third-order valence-electron chi connectivity index (χ3n) is 3.14. The van der Waals surface area contributed by atoms with Gasteiger partial charge in [-0.15, -0.1) is 0 Å². The minimum absolute atomic E-state index is 0.161. The predicted molar refractivity (Wildman–Crippen MR) is 70.2 cm³/mol. The summed E-state index contributed by atoms with van der Waals surface area (Å²) in [6, 6.07) is 6.39. The van der Waals surface area contributed by atoms with Crippen molar-refractivity contribution in [1.82, 2.24) is 0 Å². The van der Waals surface area contributed by atoms with Gasteiger partial charge in [-0.25, -0.2) is 0 Å². The summed E-state index contributed by atoms with van der Waals surface area (Å²) in [7, 11) is 0. The van der Waals surface area contributed by atoms with E-state index in [4.69, 9.17) is 0 Å². The van der Waals surface area contributed by atoms with E-state index in [2.05, 4.69) is 32.0 Å². The van der Waals surface area contributed by atoms with Crippen LogP contribution in [0.15, 0.2) is 18.2 Å². The molecule has 0 aromatic heterocycles. The van der Waals surface area contributed by atoms with E-state index in [-0.39, 0.29) is 5.92 Å². The smallest absolute Gasteiger partial charge is 0.166 e. The van der Waals surface area contributed by atoms with Crippen molar-refractivity contribution < 1.29 is 4.79 Å². The highest BCUT2D eigenvalue weighted by atomic mass is 32.2. The fraction of sp³-hybridized carbons (Fsp3) is 0.500. The maximum Gasteiger partial charge on any atom is 0.166 e. The van der Waals surface area contributed by atoms with E-state index in [1.165, 1.54) is 11.1 Å². The van der Waals surface area contributed by atoms with Crippen molar-refractivity contribution in [3.63, 3.8) is 0 Å². The molecule has 1 aromatic carbocycles. The molecule has 0 amide bonds. The van der Waals surface area contributed by atoms with Gasteiger partial charge in [-0.1, -0.05) is 32.9 Å². The van der Waals surface area contributed by atoms with Crippen LogP contribution in [0.3, 0.4) is 0 Å². The van der Waals surface area contributed by atoms with Crippen LogP contribution in [0.2, 0.25) is 0 Å². The Labute approximate surface area is 102 Å². The second-order valence-electron chi connectivity index (χ2n) is 4.85. The molecule has 2 heteroatoms. The summed E-state index contributed by atoms with van der Waals surface area (Å²) in [5.41, 5.74) is 3.44. The third-order valence-corrected chi connectivity index (χ3v) is 4.39. The summed E-state index contributed by atoms with van der Waals surface area (Å²) < 4.78 is 0. The number of benzene rings is 1. The summed E-state index contributed by atoms with van der Waals surface area (Å²) >= 11 is 1.86. The van der Waals surface area contributed by atoms with Gasteiger partial charge in [-0.05, 0) is 23.1 Å². The van der Waals surface area contributed by atoms with Gasteiger partial charge < -0.3 is 0 Å². The number of hydrogen-bond donors (Lipinski definition) is 0. The molecule has 0 radical (unpaired) electrons. The normalized spacial score (nSPS) is 20.8. The Balaban J connectivity index is 2.46. The van der Waals surface area contributed by atoms with Crippen LogP contribution in [0.4, 0.5) is 0 Å². The lowest BCUT2D eigenvalue weighted by atomic mass is 9.92. The molecule has 0 saturated carbocycles. The molecule has 1 heterocycles. The number of carbonyl (C=O) groups excluding carboxylic acids is 1. The van der Waals surface area contributed by atoms with Gasteiger partial charge in [0.1, 0.15) is 0 Å². The summed E-state index contributed by atoms with van der Waals surface area (Å²) in [6.07, 6.45) is 0. The fourth-order valence-electron chi connectivity index (χ4n) is 2.00. The van der Waals surface area contributed by atoms with Crippen LogP contribution in [-0.4, -0.2) is 11.5 Å². The number of thioether (sulfide) groups is 1. The highest BCUT2D eigenvalue weighted by molar-refractivity contribution is 7.98. The maximum absolute atomic E-state index is 12.2. The van der Waals surface area contributed by atoms with Crippen LogP contribution in [-0.2, 0) is 5.75 Å². The van der Waals surface area contributed by atoms with E-state index >= 15 is 0 Å². The number of rotatable bonds is 1. The first kappa shape index (κ1) is 11.7. The molecule has 16 heavy (non-hydrogen) atoms. The van der Waals surface area contributed by atoms with E-state index in [9.17, 15) is 4.79 Å². The van der Waals surface area contributed by atoms with Gasteiger partial charge in [0.05, 0.1) is 0 Å².